The third-order valence-electron chi connectivity index (χ3n) is 0.737. The monoisotopic (exact) mass is 130 g/mol. The summed E-state index contributed by atoms with van der Waals surface area (Å²) < 4.78 is 18.5. The Morgan fingerprint density at radius 3 is 2.89 bits per heavy atom. The Morgan fingerprint density at radius 2 is 2.44 bits per heavy atom. The highest BCUT2D eigenvalue weighted by molar-refractivity contribution is 5.70. The molecule has 0 fully saturated rings. The molecule has 0 aliphatic heterocycles. The second-order valence-corrected chi connectivity index (χ2v) is 1.41. The molecule has 0 rings (SSSR count). The van der Waals surface area contributed by atoms with Gasteiger partial charge in [-0.3, -0.25) is 4.79 Å². The third-order valence-corrected chi connectivity index (χ3v) is 0.737. The minimum Gasteiger partial charge on any atom is -0.469 e. The van der Waals surface area contributed by atoms with Gasteiger partial charge in [0, 0.05) is 2.74 Å². The maximum Gasteiger partial charge on any atom is 0.309 e. The maximum absolute atomic E-state index is 10.6. The van der Waals surface area contributed by atoms with E-state index in [0.717, 1.165) is 0 Å². The zero-order valence-electron chi connectivity index (χ0n) is 7.63. The number of carbonyl (C=O) groups excluding carboxylic acids is 1. The van der Waals surface area contributed by atoms with Gasteiger partial charge < -0.3 is 4.74 Å². The van der Waals surface area contributed by atoms with Crippen LogP contribution in [0.25, 0.3) is 0 Å². The van der Waals surface area contributed by atoms with Crippen molar-refractivity contribution in [2.75, 3.05) is 7.11 Å². The summed E-state index contributed by atoms with van der Waals surface area (Å²) in [6.45, 7) is 1.65. The van der Waals surface area contributed by atoms with Crippen LogP contribution in [0, 0.1) is 0 Å². The number of hydrogen-bond acceptors (Lipinski definition) is 2. The average molecular weight is 130 g/mol. The van der Waals surface area contributed by atoms with E-state index in [0.29, 0.717) is 0 Å². The molecule has 2 nitrogen and oxygen atoms in total. The predicted octanol–water partition coefficient (Wildman–Crippen LogP) is 1.52. The van der Waals surface area contributed by atoms with Gasteiger partial charge in [0.15, 0.2) is 0 Å². The largest absolute Gasteiger partial charge is 0.469 e. The number of allylic oxidation sites excluding steroid dienone is 1. The van der Waals surface area contributed by atoms with Crippen molar-refractivity contribution >= 4 is 5.97 Å². The molecule has 0 radical (unpaired) electrons. The van der Waals surface area contributed by atoms with E-state index in [2.05, 4.69) is 4.74 Å². The summed E-state index contributed by atoms with van der Waals surface area (Å²) in [5.74, 6) is -0.595. The molecule has 0 saturated heterocycles. The molecule has 2 heteroatoms. The second-order valence-electron chi connectivity index (χ2n) is 1.41. The number of rotatable bonds is 3. The van der Waals surface area contributed by atoms with Gasteiger partial charge in [0.2, 0.25) is 0 Å². The van der Waals surface area contributed by atoms with Crippen molar-refractivity contribution in [2.45, 2.75) is 19.7 Å². The summed E-state index contributed by atoms with van der Waals surface area (Å²) in [6.07, 6.45) is 1.46. The molecule has 0 spiro atoms. The smallest absolute Gasteiger partial charge is 0.309 e. The first-order chi connectivity index (χ1) is 5.07. The lowest BCUT2D eigenvalue weighted by Gasteiger charge is -1.90. The molecule has 0 aliphatic carbocycles. The van der Waals surface area contributed by atoms with Crippen LogP contribution in [0.4, 0.5) is 0 Å². The fourth-order valence-electron chi connectivity index (χ4n) is 0.313. The van der Waals surface area contributed by atoms with Crippen LogP contribution in [0.5, 0.6) is 0 Å². The quantitative estimate of drug-likeness (QED) is 0.427. The third kappa shape index (κ3) is 5.07. The molecule has 52 valence electrons. The number of methoxy groups -OCH3 is 1. The summed E-state index contributed by atoms with van der Waals surface area (Å²) in [5, 5.41) is 0. The molecule has 0 aromatic carbocycles. The molecule has 0 aromatic heterocycles. The number of carbonyl (C=O) groups is 1. The molecule has 0 aromatic rings. The molecule has 2 atom stereocenters. The molecule has 0 saturated carbocycles. The highest BCUT2D eigenvalue weighted by Gasteiger charge is 1.91. The molecule has 0 amide bonds. The van der Waals surface area contributed by atoms with Gasteiger partial charge in [0.1, 0.15) is 0 Å². The van der Waals surface area contributed by atoms with E-state index in [4.69, 9.17) is 2.74 Å². The Balaban J connectivity index is 3.86. The van der Waals surface area contributed by atoms with Crippen LogP contribution in [-0.4, -0.2) is 13.1 Å². The van der Waals surface area contributed by atoms with E-state index in [1.807, 2.05) is 0 Å². The van der Waals surface area contributed by atoms with E-state index in [-0.39, 0.29) is 6.40 Å². The summed E-state index contributed by atoms with van der Waals surface area (Å²) in [5.41, 5.74) is 0. The van der Waals surface area contributed by atoms with Crippen LogP contribution in [0.1, 0.15) is 22.5 Å². The first-order valence-electron chi connectivity index (χ1n) is 3.84. The Labute approximate surface area is 58.3 Å². The van der Waals surface area contributed by atoms with E-state index >= 15 is 0 Å². The maximum atomic E-state index is 10.6. The SMILES string of the molecule is [2H]C(C)/C=C\C([2H])C(=O)OC. The standard InChI is InChI=1S/C7H12O2/c1-3-4-5-6-7(8)9-2/h4-5H,3,6H2,1-2H3/b5-4-/i3D,6D. The minimum atomic E-state index is -0.993. The second kappa shape index (κ2) is 5.35. The zero-order chi connectivity index (χ0) is 8.85. The van der Waals surface area contributed by atoms with Gasteiger partial charge in [-0.2, -0.15) is 0 Å². The lowest BCUT2D eigenvalue weighted by atomic mass is 10.3. The minimum absolute atomic E-state index is 0.382. The van der Waals surface area contributed by atoms with Crippen molar-refractivity contribution in [1.82, 2.24) is 0 Å². The Bertz CT molecular complexity index is 155. The van der Waals surface area contributed by atoms with Crippen LogP contribution in [-0.2, 0) is 9.53 Å². The van der Waals surface area contributed by atoms with Gasteiger partial charge in [-0.15, -0.1) is 0 Å². The Hall–Kier alpha value is -0.790. The fourth-order valence-corrected chi connectivity index (χ4v) is 0.313. The Kier molecular flexibility index (Phi) is 2.99. The normalized spacial score (nSPS) is 20.2. The van der Waals surface area contributed by atoms with Gasteiger partial charge in [0.05, 0.1) is 13.5 Å². The van der Waals surface area contributed by atoms with Crippen LogP contribution in [0.15, 0.2) is 12.2 Å². The van der Waals surface area contributed by atoms with Crippen molar-refractivity contribution < 1.29 is 12.3 Å². The molecule has 0 N–H and O–H groups in total. The van der Waals surface area contributed by atoms with Crippen LogP contribution < -0.4 is 0 Å². The van der Waals surface area contributed by atoms with Crippen LogP contribution >= 0.6 is 0 Å². The van der Waals surface area contributed by atoms with E-state index in [1.54, 1.807) is 6.92 Å². The average Bonchev–Trinajstić information content (AvgIpc) is 1.98. The molecule has 0 heterocycles. The summed E-state index contributed by atoms with van der Waals surface area (Å²) >= 11 is 0. The highest BCUT2D eigenvalue weighted by atomic mass is 16.5. The topological polar surface area (TPSA) is 26.3 Å². The number of hydrogen-bond donors (Lipinski definition) is 0. The first kappa shape index (κ1) is 5.03. The zero-order valence-corrected chi connectivity index (χ0v) is 5.63. The van der Waals surface area contributed by atoms with Crippen LogP contribution in [0.2, 0.25) is 0 Å². The first-order valence-corrected chi connectivity index (χ1v) is 2.68. The van der Waals surface area contributed by atoms with Gasteiger partial charge in [0.25, 0.3) is 0 Å². The van der Waals surface area contributed by atoms with E-state index < -0.39 is 12.4 Å². The molecule has 0 aliphatic rings. The van der Waals surface area contributed by atoms with Crippen LogP contribution in [0.3, 0.4) is 0 Å². The summed E-state index contributed by atoms with van der Waals surface area (Å²) in [7, 11) is 1.24. The Morgan fingerprint density at radius 1 is 1.78 bits per heavy atom. The molecule has 0 bridgehead atoms. The molecule has 9 heavy (non-hydrogen) atoms. The van der Waals surface area contributed by atoms with Gasteiger partial charge in [-0.05, 0) is 6.40 Å². The van der Waals surface area contributed by atoms with Crippen molar-refractivity contribution in [3.8, 4) is 0 Å². The van der Waals surface area contributed by atoms with Crippen molar-refractivity contribution in [1.29, 1.82) is 0 Å². The summed E-state index contributed by atoms with van der Waals surface area (Å²) in [4.78, 5) is 10.6. The molecular formula is C7H12O2. The van der Waals surface area contributed by atoms with Gasteiger partial charge in [-0.25, -0.2) is 0 Å². The highest BCUT2D eigenvalue weighted by Crippen LogP contribution is 1.87. The van der Waals surface area contributed by atoms with Gasteiger partial charge >= 0.3 is 5.97 Å². The van der Waals surface area contributed by atoms with Crippen molar-refractivity contribution in [2.24, 2.45) is 0 Å². The fraction of sp³-hybridized carbons (Fsp3) is 0.571. The van der Waals surface area contributed by atoms with Crippen molar-refractivity contribution in [3.63, 3.8) is 0 Å². The predicted molar refractivity (Wildman–Crippen MR) is 36.1 cm³/mol. The summed E-state index contributed by atoms with van der Waals surface area (Å²) in [6, 6.07) is 0. The van der Waals surface area contributed by atoms with Crippen molar-refractivity contribution in [3.05, 3.63) is 12.2 Å². The number of ether oxygens (including phenoxy) is 1. The lowest BCUT2D eigenvalue weighted by molar-refractivity contribution is -0.139. The van der Waals surface area contributed by atoms with E-state index in [9.17, 15) is 4.79 Å². The molecule has 2 unspecified atom stereocenters. The molecular weight excluding hydrogens is 116 g/mol. The lowest BCUT2D eigenvalue weighted by Crippen LogP contribution is -1.96. The van der Waals surface area contributed by atoms with E-state index in [1.165, 1.54) is 19.3 Å². The van der Waals surface area contributed by atoms with Gasteiger partial charge in [-0.1, -0.05) is 19.1 Å². The number of esters is 1.